The molecular weight excluding hydrogens is 289 g/mol. The second-order valence-corrected chi connectivity index (χ2v) is 5.81. The number of carboxylic acids is 1. The minimum Gasteiger partial charge on any atom is -0.478 e. The summed E-state index contributed by atoms with van der Waals surface area (Å²) in [6, 6.07) is 2.09. The Bertz CT molecular complexity index is 588. The number of ether oxygens (including phenoxy) is 1. The molecule has 0 aliphatic heterocycles. The summed E-state index contributed by atoms with van der Waals surface area (Å²) in [5.74, 6) is -2.33. The summed E-state index contributed by atoms with van der Waals surface area (Å²) in [5, 5.41) is 8.82. The summed E-state index contributed by atoms with van der Waals surface area (Å²) in [4.78, 5) is 10.1. The van der Waals surface area contributed by atoms with Gasteiger partial charge < -0.3 is 9.84 Å². The van der Waals surface area contributed by atoms with Crippen molar-refractivity contribution in [3.8, 4) is 0 Å². The van der Waals surface area contributed by atoms with Gasteiger partial charge in [0.1, 0.15) is 10.7 Å². The van der Waals surface area contributed by atoms with Crippen LogP contribution in [0.5, 0.6) is 0 Å². The number of hydrogen-bond donors (Lipinski definition) is 2. The van der Waals surface area contributed by atoms with Gasteiger partial charge in [0.05, 0.1) is 12.2 Å². The first-order valence-electron chi connectivity index (χ1n) is 5.86. The highest BCUT2D eigenvalue weighted by atomic mass is 32.2. The van der Waals surface area contributed by atoms with E-state index in [2.05, 4.69) is 4.72 Å². The molecule has 0 aromatic heterocycles. The van der Waals surface area contributed by atoms with Crippen molar-refractivity contribution in [1.29, 1.82) is 0 Å². The molecule has 8 heteroatoms. The second-order valence-electron chi connectivity index (χ2n) is 4.13. The SMILES string of the molecule is CCC(COC)NS(=O)(=O)c1cc(C(=O)O)ccc1F. The third-order valence-electron chi connectivity index (χ3n) is 2.65. The normalized spacial score (nSPS) is 13.2. The predicted octanol–water partition coefficient (Wildman–Crippen LogP) is 1.23. The lowest BCUT2D eigenvalue weighted by atomic mass is 10.2. The van der Waals surface area contributed by atoms with Gasteiger partial charge in [-0.25, -0.2) is 22.3 Å². The molecule has 1 aromatic carbocycles. The van der Waals surface area contributed by atoms with Gasteiger partial charge in [-0.15, -0.1) is 0 Å². The number of nitrogens with one attached hydrogen (secondary N) is 1. The monoisotopic (exact) mass is 305 g/mol. The number of rotatable bonds is 7. The lowest BCUT2D eigenvalue weighted by molar-refractivity contribution is 0.0696. The highest BCUT2D eigenvalue weighted by molar-refractivity contribution is 7.89. The average Bonchev–Trinajstić information content (AvgIpc) is 2.37. The van der Waals surface area contributed by atoms with E-state index in [-0.39, 0.29) is 12.2 Å². The van der Waals surface area contributed by atoms with Crippen molar-refractivity contribution in [3.63, 3.8) is 0 Å². The highest BCUT2D eigenvalue weighted by Gasteiger charge is 2.24. The minimum absolute atomic E-state index is 0.135. The van der Waals surface area contributed by atoms with Crippen molar-refractivity contribution in [1.82, 2.24) is 4.72 Å². The molecule has 0 saturated heterocycles. The van der Waals surface area contributed by atoms with E-state index in [1.54, 1.807) is 6.92 Å². The third-order valence-corrected chi connectivity index (χ3v) is 4.19. The average molecular weight is 305 g/mol. The Labute approximate surface area is 116 Å². The molecule has 1 unspecified atom stereocenters. The van der Waals surface area contributed by atoms with E-state index in [1.807, 2.05) is 0 Å². The van der Waals surface area contributed by atoms with Crippen molar-refractivity contribution in [2.45, 2.75) is 24.3 Å². The van der Waals surface area contributed by atoms with Crippen LogP contribution in [0.4, 0.5) is 4.39 Å². The van der Waals surface area contributed by atoms with Gasteiger partial charge in [-0.1, -0.05) is 6.92 Å². The number of benzene rings is 1. The highest BCUT2D eigenvalue weighted by Crippen LogP contribution is 2.17. The van der Waals surface area contributed by atoms with Gasteiger partial charge in [0.15, 0.2) is 0 Å². The van der Waals surface area contributed by atoms with Crippen LogP contribution < -0.4 is 4.72 Å². The lowest BCUT2D eigenvalue weighted by Gasteiger charge is -2.16. The van der Waals surface area contributed by atoms with Crippen LogP contribution in [0.15, 0.2) is 23.1 Å². The standard InChI is InChI=1S/C12H16FNO5S/c1-3-9(7-19-2)14-20(17,18)11-6-8(12(15)16)4-5-10(11)13/h4-6,9,14H,3,7H2,1-2H3,(H,15,16). The number of hydrogen-bond acceptors (Lipinski definition) is 4. The zero-order valence-electron chi connectivity index (χ0n) is 11.1. The van der Waals surface area contributed by atoms with E-state index in [9.17, 15) is 17.6 Å². The van der Waals surface area contributed by atoms with E-state index in [0.29, 0.717) is 6.42 Å². The molecular formula is C12H16FNO5S. The number of sulfonamides is 1. The van der Waals surface area contributed by atoms with Crippen molar-refractivity contribution in [2.75, 3.05) is 13.7 Å². The fourth-order valence-electron chi connectivity index (χ4n) is 1.56. The van der Waals surface area contributed by atoms with E-state index in [0.717, 1.165) is 18.2 Å². The van der Waals surface area contributed by atoms with Gasteiger partial charge in [0.2, 0.25) is 10.0 Å². The van der Waals surface area contributed by atoms with Crippen LogP contribution in [0, 0.1) is 5.82 Å². The molecule has 0 aliphatic rings. The first kappa shape index (κ1) is 16.5. The fourth-order valence-corrected chi connectivity index (χ4v) is 2.97. The molecule has 2 N–H and O–H groups in total. The summed E-state index contributed by atoms with van der Waals surface area (Å²) in [5.41, 5.74) is -0.299. The van der Waals surface area contributed by atoms with Crippen molar-refractivity contribution in [2.24, 2.45) is 0 Å². The smallest absolute Gasteiger partial charge is 0.335 e. The lowest BCUT2D eigenvalue weighted by Crippen LogP contribution is -2.37. The molecule has 6 nitrogen and oxygen atoms in total. The van der Waals surface area contributed by atoms with E-state index in [1.165, 1.54) is 7.11 Å². The Morgan fingerprint density at radius 2 is 2.15 bits per heavy atom. The number of halogens is 1. The largest absolute Gasteiger partial charge is 0.478 e. The van der Waals surface area contributed by atoms with E-state index < -0.39 is 32.7 Å². The molecule has 112 valence electrons. The maximum absolute atomic E-state index is 13.6. The summed E-state index contributed by atoms with van der Waals surface area (Å²) in [7, 11) is -2.73. The Morgan fingerprint density at radius 3 is 2.65 bits per heavy atom. The van der Waals surface area contributed by atoms with Crippen LogP contribution in [0.1, 0.15) is 23.7 Å². The Hall–Kier alpha value is -1.51. The van der Waals surface area contributed by atoms with Crippen LogP contribution in [0.25, 0.3) is 0 Å². The zero-order valence-corrected chi connectivity index (χ0v) is 11.9. The molecule has 0 aliphatic carbocycles. The fraction of sp³-hybridized carbons (Fsp3) is 0.417. The topological polar surface area (TPSA) is 92.7 Å². The molecule has 0 spiro atoms. The van der Waals surface area contributed by atoms with Gasteiger partial charge in [-0.3, -0.25) is 0 Å². The minimum atomic E-state index is -4.15. The first-order chi connectivity index (χ1) is 9.31. The Balaban J connectivity index is 3.14. The van der Waals surface area contributed by atoms with Gasteiger partial charge in [-0.2, -0.15) is 0 Å². The molecule has 0 saturated carbocycles. The molecule has 1 aromatic rings. The van der Waals surface area contributed by atoms with Crippen LogP contribution in [-0.2, 0) is 14.8 Å². The van der Waals surface area contributed by atoms with Gasteiger partial charge >= 0.3 is 5.97 Å². The Morgan fingerprint density at radius 1 is 1.50 bits per heavy atom. The first-order valence-corrected chi connectivity index (χ1v) is 7.34. The van der Waals surface area contributed by atoms with Crippen molar-refractivity contribution < 1.29 is 27.4 Å². The number of aromatic carboxylic acids is 1. The number of carboxylic acid groups (broad SMARTS) is 1. The van der Waals surface area contributed by atoms with Crippen LogP contribution in [0.3, 0.4) is 0 Å². The van der Waals surface area contributed by atoms with E-state index >= 15 is 0 Å². The number of carbonyl (C=O) groups is 1. The molecule has 0 bridgehead atoms. The van der Waals surface area contributed by atoms with Crippen molar-refractivity contribution in [3.05, 3.63) is 29.6 Å². The Kier molecular flexibility index (Phi) is 5.61. The second kappa shape index (κ2) is 6.78. The summed E-state index contributed by atoms with van der Waals surface area (Å²) in [6.07, 6.45) is 0.452. The summed E-state index contributed by atoms with van der Waals surface area (Å²) in [6.45, 7) is 1.88. The molecule has 20 heavy (non-hydrogen) atoms. The molecule has 0 fully saturated rings. The predicted molar refractivity (Wildman–Crippen MR) is 69.6 cm³/mol. The van der Waals surface area contributed by atoms with Gasteiger partial charge in [0, 0.05) is 13.2 Å². The molecule has 0 radical (unpaired) electrons. The van der Waals surface area contributed by atoms with Crippen LogP contribution in [-0.4, -0.2) is 39.3 Å². The molecule has 0 heterocycles. The number of methoxy groups -OCH3 is 1. The third kappa shape index (κ3) is 3.99. The van der Waals surface area contributed by atoms with Crippen LogP contribution >= 0.6 is 0 Å². The van der Waals surface area contributed by atoms with Gasteiger partial charge in [-0.05, 0) is 24.6 Å². The summed E-state index contributed by atoms with van der Waals surface area (Å²) < 4.78 is 44.9. The van der Waals surface area contributed by atoms with Crippen LogP contribution in [0.2, 0.25) is 0 Å². The maximum Gasteiger partial charge on any atom is 0.335 e. The molecule has 1 rings (SSSR count). The van der Waals surface area contributed by atoms with Gasteiger partial charge in [0.25, 0.3) is 0 Å². The molecule has 0 amide bonds. The summed E-state index contributed by atoms with van der Waals surface area (Å²) >= 11 is 0. The van der Waals surface area contributed by atoms with E-state index in [4.69, 9.17) is 9.84 Å². The molecule has 1 atom stereocenters. The van der Waals surface area contributed by atoms with Crippen molar-refractivity contribution >= 4 is 16.0 Å². The maximum atomic E-state index is 13.6. The zero-order chi connectivity index (χ0) is 15.3. The quantitative estimate of drug-likeness (QED) is 0.790.